The van der Waals surface area contributed by atoms with Crippen LogP contribution in [0.25, 0.3) is 0 Å². The van der Waals surface area contributed by atoms with Gasteiger partial charge in [-0.05, 0) is 73.7 Å². The van der Waals surface area contributed by atoms with Gasteiger partial charge in [-0.1, -0.05) is 47.9 Å². The van der Waals surface area contributed by atoms with Gasteiger partial charge >= 0.3 is 0 Å². The van der Waals surface area contributed by atoms with Crippen LogP contribution in [0.2, 0.25) is 5.02 Å². The second kappa shape index (κ2) is 9.11. The van der Waals surface area contributed by atoms with E-state index in [0.29, 0.717) is 12.1 Å². The van der Waals surface area contributed by atoms with Gasteiger partial charge in [-0.3, -0.25) is 0 Å². The van der Waals surface area contributed by atoms with E-state index in [1.54, 1.807) is 18.2 Å². The smallest absolute Gasteiger partial charge is 0.146 e. The minimum atomic E-state index is -0.553. The van der Waals surface area contributed by atoms with Gasteiger partial charge in [0.15, 0.2) is 0 Å². The Morgan fingerprint density at radius 3 is 2.41 bits per heavy atom. The molecule has 0 saturated heterocycles. The molecule has 3 aromatic rings. The number of para-hydroxylation sites is 1. The van der Waals surface area contributed by atoms with E-state index in [-0.39, 0.29) is 10.8 Å². The van der Waals surface area contributed by atoms with Crippen molar-refractivity contribution < 1.29 is 8.78 Å². The molecule has 3 rings (SSSR count). The summed E-state index contributed by atoms with van der Waals surface area (Å²) in [5.41, 5.74) is 2.55. The highest BCUT2D eigenvalue weighted by molar-refractivity contribution is 6.30. The number of benzene rings is 3. The van der Waals surface area contributed by atoms with Crippen molar-refractivity contribution in [3.05, 3.63) is 94.5 Å². The average Bonchev–Trinajstić information content (AvgIpc) is 2.73. The molecule has 1 N–H and O–H groups in total. The first-order valence-electron chi connectivity index (χ1n) is 9.45. The molecule has 0 aliphatic heterocycles. The Morgan fingerprint density at radius 1 is 1.00 bits per heavy atom. The van der Waals surface area contributed by atoms with Gasteiger partial charge in [0.25, 0.3) is 0 Å². The van der Waals surface area contributed by atoms with Crippen LogP contribution in [0.3, 0.4) is 0 Å². The fourth-order valence-corrected chi connectivity index (χ4v) is 3.47. The van der Waals surface area contributed by atoms with E-state index in [1.165, 1.54) is 12.1 Å². The van der Waals surface area contributed by atoms with Crippen molar-refractivity contribution in [2.45, 2.75) is 31.6 Å². The lowest BCUT2D eigenvalue weighted by Crippen LogP contribution is -2.20. The van der Waals surface area contributed by atoms with Crippen molar-refractivity contribution in [3.8, 4) is 12.3 Å². The van der Waals surface area contributed by atoms with Crippen LogP contribution in [-0.2, 0) is 11.8 Å². The highest BCUT2D eigenvalue weighted by atomic mass is 35.5. The average molecular weight is 410 g/mol. The molecule has 1 unspecified atom stereocenters. The molecule has 0 saturated carbocycles. The largest absolute Gasteiger partial charge is 0.353 e. The second-order valence-electron chi connectivity index (χ2n) is 7.26. The van der Waals surface area contributed by atoms with E-state index in [4.69, 9.17) is 18.0 Å². The zero-order valence-electron chi connectivity index (χ0n) is 16.2. The molecule has 4 heteroatoms. The number of nitrogens with one attached hydrogen (secondary N) is 1. The Labute approximate surface area is 175 Å². The predicted molar refractivity (Wildman–Crippen MR) is 117 cm³/mol. The van der Waals surface area contributed by atoms with Gasteiger partial charge in [-0.25, -0.2) is 8.78 Å². The number of rotatable bonds is 7. The van der Waals surface area contributed by atoms with Crippen molar-refractivity contribution in [3.63, 3.8) is 0 Å². The Morgan fingerprint density at radius 2 is 1.72 bits per heavy atom. The molecule has 148 valence electrons. The van der Waals surface area contributed by atoms with E-state index in [2.05, 4.69) is 11.2 Å². The molecule has 3 aromatic carbocycles. The molecule has 0 heterocycles. The zero-order valence-corrected chi connectivity index (χ0v) is 16.9. The summed E-state index contributed by atoms with van der Waals surface area (Å²) in [7, 11) is 0. The Kier molecular flexibility index (Phi) is 6.56. The summed E-state index contributed by atoms with van der Waals surface area (Å²) in [5, 5.41) is 3.18. The molecule has 1 atom stereocenters. The first-order chi connectivity index (χ1) is 13.9. The fourth-order valence-electron chi connectivity index (χ4n) is 3.29. The van der Waals surface area contributed by atoms with Gasteiger partial charge in [0.2, 0.25) is 0 Å². The van der Waals surface area contributed by atoms with E-state index in [0.717, 1.165) is 29.7 Å². The molecule has 0 aliphatic carbocycles. The number of terminal acetylenes is 1. The van der Waals surface area contributed by atoms with Crippen LogP contribution in [0.15, 0.2) is 66.7 Å². The van der Waals surface area contributed by atoms with Crippen LogP contribution in [0.4, 0.5) is 20.2 Å². The molecule has 0 amide bonds. The second-order valence-corrected chi connectivity index (χ2v) is 7.67. The lowest BCUT2D eigenvalue weighted by atomic mass is 9.78. The lowest BCUT2D eigenvalue weighted by Gasteiger charge is -2.24. The highest BCUT2D eigenvalue weighted by Gasteiger charge is 2.24. The third kappa shape index (κ3) is 5.16. The standard InChI is InChI=1S/C25H22ClF2N/c1-3-25(2,19-12-14-22(27)21(26)17-19)15-7-8-18-11-13-23(28)24(16-18)29-20-9-5-4-6-10-20/h1,4-6,9-14,16-17,29H,7-8,15H2,2H3. The summed E-state index contributed by atoms with van der Waals surface area (Å²) >= 11 is 5.92. The number of aryl methyl sites for hydroxylation is 1. The maximum absolute atomic E-state index is 14.2. The summed E-state index contributed by atoms with van der Waals surface area (Å²) in [6, 6.07) is 19.2. The third-order valence-corrected chi connectivity index (χ3v) is 5.39. The summed E-state index contributed by atoms with van der Waals surface area (Å²) in [4.78, 5) is 0. The maximum atomic E-state index is 14.2. The third-order valence-electron chi connectivity index (χ3n) is 5.10. The summed E-state index contributed by atoms with van der Waals surface area (Å²) in [6.45, 7) is 1.95. The molecule has 0 radical (unpaired) electrons. The molecule has 0 aromatic heterocycles. The summed E-state index contributed by atoms with van der Waals surface area (Å²) in [6.07, 6.45) is 8.03. The quantitative estimate of drug-likeness (QED) is 0.404. The topological polar surface area (TPSA) is 12.0 Å². The van der Waals surface area contributed by atoms with Crippen LogP contribution in [0, 0.1) is 24.0 Å². The van der Waals surface area contributed by atoms with Gasteiger partial charge in [0, 0.05) is 5.69 Å². The zero-order chi connectivity index (χ0) is 20.9. The van der Waals surface area contributed by atoms with Crippen molar-refractivity contribution in [2.75, 3.05) is 5.32 Å². The molecule has 0 fully saturated rings. The number of halogens is 3. The van der Waals surface area contributed by atoms with Crippen LogP contribution in [-0.4, -0.2) is 0 Å². The van der Waals surface area contributed by atoms with Crippen molar-refractivity contribution in [1.82, 2.24) is 0 Å². The highest BCUT2D eigenvalue weighted by Crippen LogP contribution is 2.32. The molecule has 29 heavy (non-hydrogen) atoms. The molecule has 0 bridgehead atoms. The van der Waals surface area contributed by atoms with Crippen molar-refractivity contribution in [1.29, 1.82) is 0 Å². The van der Waals surface area contributed by atoms with Gasteiger partial charge in [-0.15, -0.1) is 6.42 Å². The molecule has 0 aliphatic rings. The SMILES string of the molecule is C#CC(C)(CCCc1ccc(F)c(Nc2ccccc2)c1)c1ccc(F)c(Cl)c1. The Bertz CT molecular complexity index is 1030. The normalized spacial score (nSPS) is 12.8. The minimum absolute atomic E-state index is 0.0686. The van der Waals surface area contributed by atoms with Gasteiger partial charge < -0.3 is 5.32 Å². The van der Waals surface area contributed by atoms with Gasteiger partial charge in [0.1, 0.15) is 11.6 Å². The first kappa shape index (κ1) is 20.9. The van der Waals surface area contributed by atoms with Crippen LogP contribution >= 0.6 is 11.6 Å². The molecule has 1 nitrogen and oxygen atoms in total. The van der Waals surface area contributed by atoms with E-state index in [9.17, 15) is 8.78 Å². The fraction of sp³-hybridized carbons (Fsp3) is 0.200. The Balaban J connectivity index is 1.68. The van der Waals surface area contributed by atoms with Gasteiger partial charge in [-0.2, -0.15) is 0 Å². The van der Waals surface area contributed by atoms with Crippen molar-refractivity contribution >= 4 is 23.0 Å². The van der Waals surface area contributed by atoms with Gasteiger partial charge in [0.05, 0.1) is 16.1 Å². The summed E-state index contributed by atoms with van der Waals surface area (Å²) < 4.78 is 27.7. The van der Waals surface area contributed by atoms with Crippen LogP contribution in [0.5, 0.6) is 0 Å². The van der Waals surface area contributed by atoms with E-state index < -0.39 is 11.2 Å². The first-order valence-corrected chi connectivity index (χ1v) is 9.83. The molecule has 0 spiro atoms. The van der Waals surface area contributed by atoms with Crippen LogP contribution in [0.1, 0.15) is 30.9 Å². The lowest BCUT2D eigenvalue weighted by molar-refractivity contribution is 0.531. The molecular formula is C25H22ClF2N. The molecular weight excluding hydrogens is 388 g/mol. The van der Waals surface area contributed by atoms with Crippen LogP contribution < -0.4 is 5.32 Å². The summed E-state index contributed by atoms with van der Waals surface area (Å²) in [5.74, 6) is 2.07. The Hall–Kier alpha value is -2.83. The monoisotopic (exact) mass is 409 g/mol. The number of hydrogen-bond acceptors (Lipinski definition) is 1. The number of anilines is 2. The number of hydrogen-bond donors (Lipinski definition) is 1. The van der Waals surface area contributed by atoms with Crippen molar-refractivity contribution in [2.24, 2.45) is 0 Å². The minimum Gasteiger partial charge on any atom is -0.353 e. The van der Waals surface area contributed by atoms with E-state index >= 15 is 0 Å². The predicted octanol–water partition coefficient (Wildman–Crippen LogP) is 7.28. The van der Waals surface area contributed by atoms with E-state index in [1.807, 2.05) is 43.3 Å². The maximum Gasteiger partial charge on any atom is 0.146 e.